The van der Waals surface area contributed by atoms with Crippen molar-refractivity contribution in [3.63, 3.8) is 0 Å². The number of rotatable bonds is 4. The summed E-state index contributed by atoms with van der Waals surface area (Å²) in [6, 6.07) is 4.24. The molecule has 2 N–H and O–H groups in total. The summed E-state index contributed by atoms with van der Waals surface area (Å²) in [4.78, 5) is 18.9. The molecule has 24 heavy (non-hydrogen) atoms. The number of nitriles is 1. The minimum atomic E-state index is -0.379. The van der Waals surface area contributed by atoms with Crippen LogP contribution in [0.25, 0.3) is 0 Å². The SMILES string of the molecule is CCOC(=O)c1cc(N2CCN[C@@H](CC#N)C2)c2c(n1)CNCC2. The maximum Gasteiger partial charge on any atom is 0.356 e. The summed E-state index contributed by atoms with van der Waals surface area (Å²) in [7, 11) is 0. The average molecular weight is 329 g/mol. The van der Waals surface area contributed by atoms with Gasteiger partial charge in [0.1, 0.15) is 0 Å². The molecule has 1 fully saturated rings. The number of esters is 1. The first-order valence-electron chi connectivity index (χ1n) is 8.48. The highest BCUT2D eigenvalue weighted by Crippen LogP contribution is 2.28. The van der Waals surface area contributed by atoms with E-state index >= 15 is 0 Å². The average Bonchev–Trinajstić information content (AvgIpc) is 2.61. The second kappa shape index (κ2) is 7.60. The van der Waals surface area contributed by atoms with Crippen molar-refractivity contribution in [1.82, 2.24) is 15.6 Å². The maximum atomic E-state index is 12.2. The van der Waals surface area contributed by atoms with Crippen LogP contribution in [0, 0.1) is 11.3 Å². The fraction of sp³-hybridized carbons (Fsp3) is 0.588. The van der Waals surface area contributed by atoms with Crippen molar-refractivity contribution in [2.75, 3.05) is 37.7 Å². The molecule has 1 aromatic rings. The van der Waals surface area contributed by atoms with Crippen LogP contribution < -0.4 is 15.5 Å². The molecule has 7 heteroatoms. The van der Waals surface area contributed by atoms with Crippen LogP contribution in [-0.4, -0.2) is 49.8 Å². The Morgan fingerprint density at radius 2 is 2.42 bits per heavy atom. The highest BCUT2D eigenvalue weighted by Gasteiger charge is 2.26. The van der Waals surface area contributed by atoms with E-state index in [4.69, 9.17) is 10.00 Å². The summed E-state index contributed by atoms with van der Waals surface area (Å²) in [6.45, 7) is 6.16. The van der Waals surface area contributed by atoms with Gasteiger partial charge >= 0.3 is 5.97 Å². The van der Waals surface area contributed by atoms with Crippen LogP contribution in [0.3, 0.4) is 0 Å². The Labute approximate surface area is 142 Å². The van der Waals surface area contributed by atoms with Gasteiger partial charge in [-0.1, -0.05) is 0 Å². The lowest BCUT2D eigenvalue weighted by atomic mass is 10.0. The van der Waals surface area contributed by atoms with Gasteiger partial charge in [0.05, 0.1) is 24.8 Å². The van der Waals surface area contributed by atoms with Gasteiger partial charge in [-0.3, -0.25) is 0 Å². The van der Waals surface area contributed by atoms with E-state index in [9.17, 15) is 4.79 Å². The molecule has 1 aromatic heterocycles. The van der Waals surface area contributed by atoms with Gasteiger partial charge < -0.3 is 20.3 Å². The lowest BCUT2D eigenvalue weighted by molar-refractivity contribution is 0.0519. The third-order valence-electron chi connectivity index (χ3n) is 4.45. The largest absolute Gasteiger partial charge is 0.461 e. The molecule has 0 amide bonds. The second-order valence-corrected chi connectivity index (χ2v) is 6.06. The number of nitrogens with zero attached hydrogens (tertiary/aromatic N) is 3. The van der Waals surface area contributed by atoms with E-state index in [1.165, 1.54) is 5.56 Å². The third kappa shape index (κ3) is 3.50. The van der Waals surface area contributed by atoms with Crippen molar-refractivity contribution >= 4 is 11.7 Å². The molecule has 1 atom stereocenters. The summed E-state index contributed by atoms with van der Waals surface area (Å²) in [5.41, 5.74) is 3.57. The number of pyridine rings is 1. The summed E-state index contributed by atoms with van der Waals surface area (Å²) in [5.74, 6) is -0.379. The lowest BCUT2D eigenvalue weighted by Crippen LogP contribution is -2.51. The first-order chi connectivity index (χ1) is 11.7. The number of carbonyl (C=O) groups excluding carboxylic acids is 1. The number of piperazine rings is 1. The van der Waals surface area contributed by atoms with Gasteiger partial charge in [0.15, 0.2) is 5.69 Å². The van der Waals surface area contributed by atoms with Crippen molar-refractivity contribution in [3.8, 4) is 6.07 Å². The predicted molar refractivity (Wildman–Crippen MR) is 89.8 cm³/mol. The van der Waals surface area contributed by atoms with E-state index in [0.717, 1.165) is 44.0 Å². The number of hydrogen-bond acceptors (Lipinski definition) is 7. The van der Waals surface area contributed by atoms with Crippen molar-refractivity contribution in [1.29, 1.82) is 5.26 Å². The monoisotopic (exact) mass is 329 g/mol. The zero-order valence-electron chi connectivity index (χ0n) is 14.0. The molecule has 0 aliphatic carbocycles. The number of carbonyl (C=O) groups is 1. The van der Waals surface area contributed by atoms with E-state index in [1.807, 2.05) is 6.07 Å². The van der Waals surface area contributed by atoms with E-state index in [0.29, 0.717) is 25.3 Å². The van der Waals surface area contributed by atoms with Crippen molar-refractivity contribution < 1.29 is 9.53 Å². The fourth-order valence-electron chi connectivity index (χ4n) is 3.33. The first-order valence-corrected chi connectivity index (χ1v) is 8.48. The van der Waals surface area contributed by atoms with Crippen molar-refractivity contribution in [3.05, 3.63) is 23.0 Å². The molecule has 2 aliphatic heterocycles. The van der Waals surface area contributed by atoms with E-state index in [2.05, 4.69) is 26.6 Å². The highest BCUT2D eigenvalue weighted by atomic mass is 16.5. The van der Waals surface area contributed by atoms with Gasteiger partial charge in [-0.15, -0.1) is 0 Å². The minimum absolute atomic E-state index is 0.153. The van der Waals surface area contributed by atoms with Gasteiger partial charge in [0, 0.05) is 37.9 Å². The van der Waals surface area contributed by atoms with Gasteiger partial charge in [-0.05, 0) is 31.5 Å². The van der Waals surface area contributed by atoms with Crippen LogP contribution in [0.5, 0.6) is 0 Å². The Kier molecular flexibility index (Phi) is 5.28. The van der Waals surface area contributed by atoms with Crippen LogP contribution in [0.4, 0.5) is 5.69 Å². The molecule has 3 rings (SSSR count). The fourth-order valence-corrected chi connectivity index (χ4v) is 3.33. The van der Waals surface area contributed by atoms with E-state index in [-0.39, 0.29) is 12.0 Å². The van der Waals surface area contributed by atoms with Crippen LogP contribution in [0.1, 0.15) is 35.1 Å². The zero-order chi connectivity index (χ0) is 16.9. The highest BCUT2D eigenvalue weighted by molar-refractivity contribution is 5.89. The summed E-state index contributed by atoms with van der Waals surface area (Å²) in [6.07, 6.45) is 1.38. The maximum absolute atomic E-state index is 12.2. The molecule has 1 saturated heterocycles. The molecule has 3 heterocycles. The van der Waals surface area contributed by atoms with Gasteiger partial charge in [-0.25, -0.2) is 9.78 Å². The summed E-state index contributed by atoms with van der Waals surface area (Å²) in [5, 5.41) is 15.6. The Balaban J connectivity index is 1.94. The predicted octanol–water partition coefficient (Wildman–Crippen LogP) is 0.596. The molecule has 0 radical (unpaired) electrons. The molecule has 0 aromatic carbocycles. The van der Waals surface area contributed by atoms with E-state index in [1.54, 1.807) is 6.92 Å². The second-order valence-electron chi connectivity index (χ2n) is 6.06. The molecule has 0 unspecified atom stereocenters. The number of anilines is 1. The number of nitrogens with one attached hydrogen (secondary N) is 2. The Morgan fingerprint density at radius 1 is 1.54 bits per heavy atom. The normalized spacial score (nSPS) is 20.2. The summed E-state index contributed by atoms with van der Waals surface area (Å²) < 4.78 is 5.13. The topological polar surface area (TPSA) is 90.3 Å². The van der Waals surface area contributed by atoms with Crippen LogP contribution in [0.2, 0.25) is 0 Å². The Bertz CT molecular complexity index is 655. The van der Waals surface area contributed by atoms with Gasteiger partial charge in [0.2, 0.25) is 0 Å². The van der Waals surface area contributed by atoms with Crippen LogP contribution >= 0.6 is 0 Å². The van der Waals surface area contributed by atoms with E-state index < -0.39 is 0 Å². The Hall–Kier alpha value is -2.17. The molecule has 128 valence electrons. The molecule has 0 spiro atoms. The molecular weight excluding hydrogens is 306 g/mol. The first kappa shape index (κ1) is 16.7. The summed E-state index contributed by atoms with van der Waals surface area (Å²) >= 11 is 0. The smallest absolute Gasteiger partial charge is 0.356 e. The Morgan fingerprint density at radius 3 is 3.21 bits per heavy atom. The zero-order valence-corrected chi connectivity index (χ0v) is 14.0. The van der Waals surface area contributed by atoms with Crippen LogP contribution in [0.15, 0.2) is 6.07 Å². The molecular formula is C17H23N5O2. The number of fused-ring (bicyclic) bond motifs is 1. The molecule has 7 nitrogen and oxygen atoms in total. The lowest BCUT2D eigenvalue weighted by Gasteiger charge is -2.36. The quantitative estimate of drug-likeness (QED) is 0.782. The van der Waals surface area contributed by atoms with Gasteiger partial charge in [-0.2, -0.15) is 5.26 Å². The number of ether oxygens (including phenoxy) is 1. The standard InChI is InChI=1S/C17H23N5O2/c1-2-24-17(23)14-9-16(13-4-6-19-10-15(13)21-14)22-8-7-20-12(11-22)3-5-18/h9,12,19-20H,2-4,6-8,10-11H2,1H3/t12-/m0/s1. The molecule has 0 bridgehead atoms. The molecule has 2 aliphatic rings. The van der Waals surface area contributed by atoms with Crippen LogP contribution in [-0.2, 0) is 17.7 Å². The number of hydrogen-bond donors (Lipinski definition) is 2. The third-order valence-corrected chi connectivity index (χ3v) is 4.45. The van der Waals surface area contributed by atoms with Crippen molar-refractivity contribution in [2.24, 2.45) is 0 Å². The number of aromatic nitrogens is 1. The minimum Gasteiger partial charge on any atom is -0.461 e. The van der Waals surface area contributed by atoms with Crippen molar-refractivity contribution in [2.45, 2.75) is 32.4 Å². The van der Waals surface area contributed by atoms with Gasteiger partial charge in [0.25, 0.3) is 0 Å². The molecule has 0 saturated carbocycles.